The molecule has 0 aromatic heterocycles. The number of nitrogens with one attached hydrogen (secondary N) is 2. The summed E-state index contributed by atoms with van der Waals surface area (Å²) in [6.45, 7) is 2.35. The van der Waals surface area contributed by atoms with Crippen LogP contribution in [0, 0.1) is 12.3 Å². The van der Waals surface area contributed by atoms with Gasteiger partial charge in [0.2, 0.25) is 11.8 Å². The molecule has 0 unspecified atom stereocenters. The number of hydrogen-bond acceptors (Lipinski definition) is 4. The molecule has 3 atom stereocenters. The predicted octanol–water partition coefficient (Wildman–Crippen LogP) is 1.24. The normalized spacial score (nSPS) is 25.5. The van der Waals surface area contributed by atoms with Crippen LogP contribution in [0.15, 0.2) is 24.3 Å². The lowest BCUT2D eigenvalue weighted by molar-refractivity contribution is -0.126. The van der Waals surface area contributed by atoms with Crippen molar-refractivity contribution >= 4 is 23.4 Å². The number of terminal acetylenes is 1. The van der Waals surface area contributed by atoms with Gasteiger partial charge in [0, 0.05) is 43.2 Å². The zero-order valence-corrected chi connectivity index (χ0v) is 16.9. The first-order valence-electron chi connectivity index (χ1n) is 9.68. The summed E-state index contributed by atoms with van der Waals surface area (Å²) in [5.74, 6) is 2.42. The van der Waals surface area contributed by atoms with Crippen molar-refractivity contribution in [2.24, 2.45) is 0 Å². The van der Waals surface area contributed by atoms with Crippen LogP contribution < -0.4 is 10.6 Å². The molecule has 7 heteroatoms. The largest absolute Gasteiger partial charge is 0.353 e. The summed E-state index contributed by atoms with van der Waals surface area (Å²) < 4.78 is 0. The van der Waals surface area contributed by atoms with Gasteiger partial charge in [-0.1, -0.05) is 29.7 Å². The van der Waals surface area contributed by atoms with E-state index >= 15 is 0 Å². The number of halogens is 1. The number of hydrogen-bond donors (Lipinski definition) is 2. The minimum Gasteiger partial charge on any atom is -0.353 e. The van der Waals surface area contributed by atoms with Crippen LogP contribution >= 0.6 is 11.6 Å². The van der Waals surface area contributed by atoms with E-state index in [-0.39, 0.29) is 36.5 Å². The Bertz CT molecular complexity index is 763. The highest BCUT2D eigenvalue weighted by Crippen LogP contribution is 2.28. The Morgan fingerprint density at radius 3 is 3.04 bits per heavy atom. The lowest BCUT2D eigenvalue weighted by Crippen LogP contribution is -2.49. The summed E-state index contributed by atoms with van der Waals surface area (Å²) in [4.78, 5) is 29.2. The van der Waals surface area contributed by atoms with Gasteiger partial charge in [-0.3, -0.25) is 19.4 Å². The molecule has 0 aliphatic carbocycles. The molecule has 28 heavy (non-hydrogen) atoms. The third-order valence-electron chi connectivity index (χ3n) is 5.72. The van der Waals surface area contributed by atoms with Gasteiger partial charge in [-0.2, -0.15) is 0 Å². The topological polar surface area (TPSA) is 64.7 Å². The first-order valence-corrected chi connectivity index (χ1v) is 10.1. The molecule has 2 fully saturated rings. The maximum absolute atomic E-state index is 12.8. The van der Waals surface area contributed by atoms with Crippen molar-refractivity contribution in [1.29, 1.82) is 0 Å². The third-order valence-corrected chi connectivity index (χ3v) is 5.95. The lowest BCUT2D eigenvalue weighted by atomic mass is 10.0. The molecule has 2 N–H and O–H groups in total. The van der Waals surface area contributed by atoms with Crippen LogP contribution in [0.4, 0.5) is 0 Å². The van der Waals surface area contributed by atoms with Gasteiger partial charge in [0.1, 0.15) is 6.04 Å². The second-order valence-corrected chi connectivity index (χ2v) is 7.92. The smallest absolute Gasteiger partial charge is 0.239 e. The van der Waals surface area contributed by atoms with Crippen LogP contribution in [0.3, 0.4) is 0 Å². The van der Waals surface area contributed by atoms with E-state index in [0.29, 0.717) is 31.0 Å². The van der Waals surface area contributed by atoms with Crippen molar-refractivity contribution in [3.05, 3.63) is 34.9 Å². The van der Waals surface area contributed by atoms with Gasteiger partial charge in [0.25, 0.3) is 0 Å². The van der Waals surface area contributed by atoms with E-state index in [9.17, 15) is 9.59 Å². The fraction of sp³-hybridized carbons (Fsp3) is 0.524. The number of rotatable bonds is 6. The molecule has 2 aliphatic rings. The molecule has 0 radical (unpaired) electrons. The second kappa shape index (κ2) is 9.42. The van der Waals surface area contributed by atoms with Crippen LogP contribution in [0.2, 0.25) is 5.02 Å². The van der Waals surface area contributed by atoms with Crippen molar-refractivity contribution in [3.8, 4) is 12.3 Å². The van der Waals surface area contributed by atoms with Gasteiger partial charge in [-0.25, -0.2) is 0 Å². The zero-order chi connectivity index (χ0) is 20.1. The highest BCUT2D eigenvalue weighted by atomic mass is 35.5. The fourth-order valence-electron chi connectivity index (χ4n) is 4.23. The minimum atomic E-state index is -0.191. The van der Waals surface area contributed by atoms with Gasteiger partial charge < -0.3 is 10.6 Å². The number of amides is 2. The molecular weight excluding hydrogens is 376 g/mol. The maximum atomic E-state index is 12.8. The molecule has 1 aromatic rings. The van der Waals surface area contributed by atoms with Crippen LogP contribution in [0.5, 0.6) is 0 Å². The number of likely N-dealkylation sites (tertiary alicyclic amines) is 1. The number of carbonyl (C=O) groups is 2. The summed E-state index contributed by atoms with van der Waals surface area (Å²) in [6.07, 6.45) is 7.19. The molecule has 0 spiro atoms. The van der Waals surface area contributed by atoms with Crippen LogP contribution in [-0.2, 0) is 16.1 Å². The van der Waals surface area contributed by atoms with E-state index in [1.54, 1.807) is 0 Å². The van der Waals surface area contributed by atoms with Crippen LogP contribution in [0.25, 0.3) is 0 Å². The second-order valence-electron chi connectivity index (χ2n) is 7.49. The molecule has 0 bridgehead atoms. The highest BCUT2D eigenvalue weighted by molar-refractivity contribution is 6.30. The molecular formula is C21H27ClN4O2. The molecule has 2 saturated heterocycles. The number of likely N-dealkylation sites (N-methyl/N-ethyl adjacent to an activating group) is 1. The summed E-state index contributed by atoms with van der Waals surface area (Å²) in [6, 6.07) is 7.85. The van der Waals surface area contributed by atoms with E-state index in [1.165, 1.54) is 0 Å². The highest BCUT2D eigenvalue weighted by Gasteiger charge is 2.44. The van der Waals surface area contributed by atoms with Crippen LogP contribution in [0.1, 0.15) is 24.8 Å². The van der Waals surface area contributed by atoms with Crippen molar-refractivity contribution in [2.75, 3.05) is 26.7 Å². The number of fused-ring (bicyclic) bond motifs is 1. The van der Waals surface area contributed by atoms with Crippen molar-refractivity contribution < 1.29 is 9.59 Å². The van der Waals surface area contributed by atoms with Crippen molar-refractivity contribution in [1.82, 2.24) is 20.4 Å². The Kier molecular flexibility index (Phi) is 6.95. The minimum absolute atomic E-state index is 0.0486. The van der Waals surface area contributed by atoms with Gasteiger partial charge in [-0.15, -0.1) is 6.42 Å². The van der Waals surface area contributed by atoms with Crippen molar-refractivity contribution in [2.45, 2.75) is 43.9 Å². The Labute approximate surface area is 171 Å². The number of benzene rings is 1. The summed E-state index contributed by atoms with van der Waals surface area (Å²) in [5, 5.41) is 6.48. The van der Waals surface area contributed by atoms with E-state index in [4.69, 9.17) is 18.0 Å². The molecule has 2 heterocycles. The van der Waals surface area contributed by atoms with Gasteiger partial charge in [-0.05, 0) is 37.6 Å². The SMILES string of the molecule is C#CCNC(=O)CC[C@H]1CNC(=O)[C@@H]2[C@@H](CCN2Cc2cccc(Cl)c2)N1C. The number of nitrogens with zero attached hydrogens (tertiary/aromatic N) is 2. The average Bonchev–Trinajstić information content (AvgIpc) is 3.04. The fourth-order valence-corrected chi connectivity index (χ4v) is 4.44. The molecule has 6 nitrogen and oxygen atoms in total. The molecule has 0 saturated carbocycles. The number of carbonyl (C=O) groups excluding carboxylic acids is 2. The Morgan fingerprint density at radius 1 is 1.46 bits per heavy atom. The lowest BCUT2D eigenvalue weighted by Gasteiger charge is -2.33. The Morgan fingerprint density at radius 2 is 2.29 bits per heavy atom. The summed E-state index contributed by atoms with van der Waals surface area (Å²) in [5.41, 5.74) is 1.11. The molecule has 2 aliphatic heterocycles. The Balaban J connectivity index is 1.64. The zero-order valence-electron chi connectivity index (χ0n) is 16.2. The summed E-state index contributed by atoms with van der Waals surface area (Å²) >= 11 is 6.11. The van der Waals surface area contributed by atoms with Crippen molar-refractivity contribution in [3.63, 3.8) is 0 Å². The first kappa shape index (κ1) is 20.7. The standard InChI is InChI=1S/C21H27ClN4O2/c1-3-10-23-19(27)8-7-17-13-24-21(28)20-18(25(17)2)9-11-26(20)14-15-5-4-6-16(22)12-15/h1,4-6,12,17-18,20H,7-11,13-14H2,2H3,(H,23,27)(H,24,28)/t17-,18+,20-/m0/s1. The maximum Gasteiger partial charge on any atom is 0.239 e. The third kappa shape index (κ3) is 4.85. The van der Waals surface area contributed by atoms with Gasteiger partial charge in [0.15, 0.2) is 0 Å². The first-order chi connectivity index (χ1) is 13.5. The molecule has 3 rings (SSSR count). The van der Waals surface area contributed by atoms with Gasteiger partial charge >= 0.3 is 0 Å². The molecule has 150 valence electrons. The average molecular weight is 403 g/mol. The van der Waals surface area contributed by atoms with Crippen LogP contribution in [-0.4, -0.2) is 66.4 Å². The summed E-state index contributed by atoms with van der Waals surface area (Å²) in [7, 11) is 2.06. The van der Waals surface area contributed by atoms with E-state index in [0.717, 1.165) is 18.5 Å². The molecule has 2 amide bonds. The van der Waals surface area contributed by atoms with E-state index in [1.807, 2.05) is 24.3 Å². The Hall–Kier alpha value is -2.07. The molecule has 1 aromatic carbocycles. The van der Waals surface area contributed by atoms with E-state index in [2.05, 4.69) is 33.4 Å². The van der Waals surface area contributed by atoms with Gasteiger partial charge in [0.05, 0.1) is 6.54 Å². The predicted molar refractivity (Wildman–Crippen MR) is 110 cm³/mol. The van der Waals surface area contributed by atoms with E-state index < -0.39 is 0 Å². The quantitative estimate of drug-likeness (QED) is 0.703. The monoisotopic (exact) mass is 402 g/mol.